The third-order valence-corrected chi connectivity index (χ3v) is 1.82. The maximum Gasteiger partial charge on any atom is 0.216 e. The van der Waals surface area contributed by atoms with E-state index in [1.165, 1.54) is 6.92 Å². The van der Waals surface area contributed by atoms with E-state index in [0.717, 1.165) is 6.42 Å². The van der Waals surface area contributed by atoms with Crippen LogP contribution in [0.5, 0.6) is 0 Å². The van der Waals surface area contributed by atoms with Gasteiger partial charge in [-0.25, -0.2) is 0 Å². The molecule has 0 heterocycles. The number of nitrogens with one attached hydrogen (secondary N) is 1. The first-order valence-electron chi connectivity index (χ1n) is 4.36. The molecule has 1 N–H and O–H groups in total. The van der Waals surface area contributed by atoms with Gasteiger partial charge in [-0.05, 0) is 20.3 Å². The van der Waals surface area contributed by atoms with Gasteiger partial charge >= 0.3 is 0 Å². The van der Waals surface area contributed by atoms with Crippen LogP contribution in [-0.4, -0.2) is 24.7 Å². The standard InChI is InChI=1S/C9H19NO2/c1-5-9(3,4)12-7-6-10-8(2)11/h5-7H2,1-4H3,(H,10,11). The van der Waals surface area contributed by atoms with Gasteiger partial charge < -0.3 is 10.1 Å². The summed E-state index contributed by atoms with van der Waals surface area (Å²) in [7, 11) is 0. The van der Waals surface area contributed by atoms with Gasteiger partial charge in [0, 0.05) is 13.5 Å². The highest BCUT2D eigenvalue weighted by Gasteiger charge is 2.14. The Bertz CT molecular complexity index is 143. The number of hydrogen-bond acceptors (Lipinski definition) is 2. The van der Waals surface area contributed by atoms with Crippen molar-refractivity contribution in [1.82, 2.24) is 5.32 Å². The molecule has 3 nitrogen and oxygen atoms in total. The molecule has 0 spiro atoms. The summed E-state index contributed by atoms with van der Waals surface area (Å²) in [4.78, 5) is 10.5. The van der Waals surface area contributed by atoms with Crippen LogP contribution in [0.15, 0.2) is 0 Å². The average molecular weight is 173 g/mol. The summed E-state index contributed by atoms with van der Waals surface area (Å²) in [5.41, 5.74) is -0.0710. The van der Waals surface area contributed by atoms with Gasteiger partial charge in [0.05, 0.1) is 12.2 Å². The lowest BCUT2D eigenvalue weighted by molar-refractivity contribution is -0.119. The van der Waals surface area contributed by atoms with E-state index in [1.807, 2.05) is 13.8 Å². The molecule has 0 radical (unpaired) electrons. The molecule has 72 valence electrons. The smallest absolute Gasteiger partial charge is 0.216 e. The molecule has 0 aliphatic carbocycles. The predicted molar refractivity (Wildman–Crippen MR) is 49.0 cm³/mol. The number of carbonyl (C=O) groups excluding carboxylic acids is 1. The van der Waals surface area contributed by atoms with Crippen molar-refractivity contribution in [2.75, 3.05) is 13.2 Å². The van der Waals surface area contributed by atoms with E-state index >= 15 is 0 Å². The highest BCUT2D eigenvalue weighted by atomic mass is 16.5. The maximum absolute atomic E-state index is 10.5. The highest BCUT2D eigenvalue weighted by Crippen LogP contribution is 2.12. The molecule has 0 bridgehead atoms. The fraction of sp³-hybridized carbons (Fsp3) is 0.889. The second-order valence-corrected chi connectivity index (χ2v) is 3.44. The van der Waals surface area contributed by atoms with Crippen LogP contribution in [0.1, 0.15) is 34.1 Å². The number of rotatable bonds is 5. The zero-order chi connectivity index (χ0) is 9.61. The lowest BCUT2D eigenvalue weighted by atomic mass is 10.1. The Morgan fingerprint density at radius 2 is 2.08 bits per heavy atom. The summed E-state index contributed by atoms with van der Waals surface area (Å²) < 4.78 is 5.51. The van der Waals surface area contributed by atoms with Gasteiger partial charge in [0.15, 0.2) is 0 Å². The highest BCUT2D eigenvalue weighted by molar-refractivity contribution is 5.72. The number of carbonyl (C=O) groups is 1. The van der Waals surface area contributed by atoms with Crippen LogP contribution < -0.4 is 5.32 Å². The minimum Gasteiger partial charge on any atom is -0.374 e. The van der Waals surface area contributed by atoms with Crippen molar-refractivity contribution in [1.29, 1.82) is 0 Å². The first-order chi connectivity index (χ1) is 5.48. The molecule has 0 unspecified atom stereocenters. The van der Waals surface area contributed by atoms with Crippen LogP contribution in [0.2, 0.25) is 0 Å². The molecule has 0 rings (SSSR count). The summed E-state index contributed by atoms with van der Waals surface area (Å²) in [6, 6.07) is 0. The van der Waals surface area contributed by atoms with Crippen LogP contribution in [0, 0.1) is 0 Å². The molecular formula is C9H19NO2. The summed E-state index contributed by atoms with van der Waals surface area (Å²) >= 11 is 0. The minimum atomic E-state index is -0.0710. The van der Waals surface area contributed by atoms with Crippen LogP contribution in [-0.2, 0) is 9.53 Å². The third-order valence-electron chi connectivity index (χ3n) is 1.82. The minimum absolute atomic E-state index is 0.00657. The quantitative estimate of drug-likeness (QED) is 0.637. The summed E-state index contributed by atoms with van der Waals surface area (Å²) in [6.45, 7) is 8.85. The van der Waals surface area contributed by atoms with Gasteiger partial charge in [0.25, 0.3) is 0 Å². The van der Waals surface area contributed by atoms with Crippen LogP contribution in [0.3, 0.4) is 0 Å². The van der Waals surface area contributed by atoms with Gasteiger partial charge in [0.2, 0.25) is 5.91 Å². The van der Waals surface area contributed by atoms with E-state index in [-0.39, 0.29) is 11.5 Å². The van der Waals surface area contributed by atoms with Crippen molar-refractivity contribution in [3.63, 3.8) is 0 Å². The molecule has 0 fully saturated rings. The Hall–Kier alpha value is -0.570. The van der Waals surface area contributed by atoms with Crippen molar-refractivity contribution in [3.05, 3.63) is 0 Å². The molecule has 0 saturated carbocycles. The summed E-state index contributed by atoms with van der Waals surface area (Å²) in [6.07, 6.45) is 0.979. The van der Waals surface area contributed by atoms with Gasteiger partial charge in [-0.15, -0.1) is 0 Å². The van der Waals surface area contributed by atoms with Crippen molar-refractivity contribution >= 4 is 5.91 Å². The Balaban J connectivity index is 3.37. The van der Waals surface area contributed by atoms with E-state index in [2.05, 4.69) is 12.2 Å². The number of hydrogen-bond donors (Lipinski definition) is 1. The average Bonchev–Trinajstić information content (AvgIpc) is 1.98. The van der Waals surface area contributed by atoms with E-state index in [1.54, 1.807) is 0 Å². The van der Waals surface area contributed by atoms with Crippen LogP contribution in [0.4, 0.5) is 0 Å². The number of amides is 1. The van der Waals surface area contributed by atoms with Gasteiger partial charge in [0.1, 0.15) is 0 Å². The molecule has 0 saturated heterocycles. The molecule has 3 heteroatoms. The largest absolute Gasteiger partial charge is 0.374 e. The Kier molecular flexibility index (Phi) is 4.90. The Morgan fingerprint density at radius 3 is 2.50 bits per heavy atom. The van der Waals surface area contributed by atoms with Gasteiger partial charge in [-0.1, -0.05) is 6.92 Å². The lowest BCUT2D eigenvalue weighted by Crippen LogP contribution is -2.30. The summed E-state index contributed by atoms with van der Waals surface area (Å²) in [5.74, 6) is -0.00657. The topological polar surface area (TPSA) is 38.3 Å². The van der Waals surface area contributed by atoms with Crippen molar-refractivity contribution in [2.24, 2.45) is 0 Å². The molecule has 0 aromatic heterocycles. The first kappa shape index (κ1) is 11.4. The van der Waals surface area contributed by atoms with Crippen molar-refractivity contribution in [2.45, 2.75) is 39.7 Å². The lowest BCUT2D eigenvalue weighted by Gasteiger charge is -2.23. The molecule has 0 aliphatic heterocycles. The van der Waals surface area contributed by atoms with E-state index in [0.29, 0.717) is 13.2 Å². The zero-order valence-corrected chi connectivity index (χ0v) is 8.44. The molecule has 0 aliphatic rings. The number of ether oxygens (including phenoxy) is 1. The SMILES string of the molecule is CCC(C)(C)OCCNC(C)=O. The first-order valence-corrected chi connectivity index (χ1v) is 4.36. The van der Waals surface area contributed by atoms with Crippen molar-refractivity contribution in [3.8, 4) is 0 Å². The predicted octanol–water partition coefficient (Wildman–Crippen LogP) is 1.33. The molecule has 12 heavy (non-hydrogen) atoms. The molecular weight excluding hydrogens is 154 g/mol. The molecule has 0 aromatic carbocycles. The Labute approximate surface area is 74.5 Å². The monoisotopic (exact) mass is 173 g/mol. The van der Waals surface area contributed by atoms with E-state index < -0.39 is 0 Å². The molecule has 0 atom stereocenters. The fourth-order valence-electron chi connectivity index (χ4n) is 0.656. The fourth-order valence-corrected chi connectivity index (χ4v) is 0.656. The zero-order valence-electron chi connectivity index (χ0n) is 8.44. The van der Waals surface area contributed by atoms with Crippen molar-refractivity contribution < 1.29 is 9.53 Å². The third kappa shape index (κ3) is 6.16. The van der Waals surface area contributed by atoms with E-state index in [9.17, 15) is 4.79 Å². The second-order valence-electron chi connectivity index (χ2n) is 3.44. The molecule has 0 aromatic rings. The van der Waals surface area contributed by atoms with E-state index in [4.69, 9.17) is 4.74 Å². The maximum atomic E-state index is 10.5. The van der Waals surface area contributed by atoms with Gasteiger partial charge in [-0.2, -0.15) is 0 Å². The molecule has 1 amide bonds. The van der Waals surface area contributed by atoms with Crippen LogP contribution in [0.25, 0.3) is 0 Å². The normalized spacial score (nSPS) is 11.3. The summed E-state index contributed by atoms with van der Waals surface area (Å²) in [5, 5.41) is 2.68. The van der Waals surface area contributed by atoms with Gasteiger partial charge in [-0.3, -0.25) is 4.79 Å². The Morgan fingerprint density at radius 1 is 1.50 bits per heavy atom. The second kappa shape index (κ2) is 5.14. The van der Waals surface area contributed by atoms with Crippen LogP contribution >= 0.6 is 0 Å².